The zero-order valence-electron chi connectivity index (χ0n) is 21.8. The van der Waals surface area contributed by atoms with Crippen LogP contribution in [0.25, 0.3) is 0 Å². The van der Waals surface area contributed by atoms with Crippen molar-refractivity contribution in [2.24, 2.45) is 0 Å². The minimum Gasteiger partial charge on any atom is -0.353 e. The molecule has 39 heavy (non-hydrogen) atoms. The van der Waals surface area contributed by atoms with Gasteiger partial charge in [-0.1, -0.05) is 60.7 Å². The van der Waals surface area contributed by atoms with Gasteiger partial charge in [-0.2, -0.15) is 18.3 Å². The van der Waals surface area contributed by atoms with Gasteiger partial charge < -0.3 is 15.1 Å². The highest BCUT2D eigenvalue weighted by Gasteiger charge is 2.31. The third-order valence-electron chi connectivity index (χ3n) is 7.09. The van der Waals surface area contributed by atoms with Crippen molar-refractivity contribution >= 4 is 11.6 Å². The minimum atomic E-state index is -4.39. The quantitative estimate of drug-likeness (QED) is 0.328. The lowest BCUT2D eigenvalue weighted by molar-refractivity contribution is -0.137. The zero-order chi connectivity index (χ0) is 27.2. The molecule has 0 radical (unpaired) electrons. The molecule has 0 spiro atoms. The molecule has 5 rings (SSSR count). The number of piperazine rings is 1. The SMILES string of the molecule is Cc1c(Cc2ccccc2)nnc(N2CCN(c3ccc(C(F)(F)F)cn3)CC2)c1CNCc1ccccc1. The lowest BCUT2D eigenvalue weighted by atomic mass is 10.0. The van der Waals surface area contributed by atoms with E-state index in [4.69, 9.17) is 5.10 Å². The number of alkyl halides is 3. The van der Waals surface area contributed by atoms with Crippen LogP contribution in [0.4, 0.5) is 24.8 Å². The largest absolute Gasteiger partial charge is 0.417 e. The molecule has 6 nitrogen and oxygen atoms in total. The van der Waals surface area contributed by atoms with Gasteiger partial charge in [-0.3, -0.25) is 0 Å². The van der Waals surface area contributed by atoms with Crippen molar-refractivity contribution in [1.29, 1.82) is 0 Å². The molecular formula is C30H31F3N6. The number of nitrogens with one attached hydrogen (secondary N) is 1. The van der Waals surface area contributed by atoms with E-state index in [2.05, 4.69) is 51.5 Å². The second kappa shape index (κ2) is 11.8. The smallest absolute Gasteiger partial charge is 0.353 e. The first-order valence-corrected chi connectivity index (χ1v) is 13.1. The molecule has 3 heterocycles. The Labute approximate surface area is 226 Å². The van der Waals surface area contributed by atoms with E-state index in [1.807, 2.05) is 41.3 Å². The minimum absolute atomic E-state index is 0.549. The molecular weight excluding hydrogens is 501 g/mol. The standard InChI is InChI=1S/C30H31F3N6/c1-22-26(21-34-19-24-10-6-3-7-11-24)29(37-36-27(22)18-23-8-4-2-5-9-23)39-16-14-38(15-17-39)28-13-12-25(20-35-28)30(31,32)33/h2-13,20,34H,14-19,21H2,1H3. The van der Waals surface area contributed by atoms with E-state index >= 15 is 0 Å². The summed E-state index contributed by atoms with van der Waals surface area (Å²) in [6, 6.07) is 23.0. The summed E-state index contributed by atoms with van der Waals surface area (Å²) in [6.07, 6.45) is -2.78. The number of nitrogens with zero attached hydrogens (tertiary/aromatic N) is 5. The summed E-state index contributed by atoms with van der Waals surface area (Å²) in [6.45, 7) is 6.08. The molecule has 0 unspecified atom stereocenters. The van der Waals surface area contributed by atoms with Crippen molar-refractivity contribution in [3.05, 3.63) is 113 Å². The van der Waals surface area contributed by atoms with Crippen LogP contribution in [0.3, 0.4) is 0 Å². The van der Waals surface area contributed by atoms with Crippen molar-refractivity contribution in [1.82, 2.24) is 20.5 Å². The summed E-state index contributed by atoms with van der Waals surface area (Å²) in [7, 11) is 0. The van der Waals surface area contributed by atoms with Crippen molar-refractivity contribution in [2.75, 3.05) is 36.0 Å². The molecule has 0 bridgehead atoms. The van der Waals surface area contributed by atoms with Gasteiger partial charge in [-0.25, -0.2) is 4.98 Å². The Hall–Kier alpha value is -3.98. The lowest BCUT2D eigenvalue weighted by Crippen LogP contribution is -2.47. The molecule has 1 aliphatic rings. The van der Waals surface area contributed by atoms with Gasteiger partial charge in [-0.05, 0) is 35.7 Å². The summed E-state index contributed by atoms with van der Waals surface area (Å²) < 4.78 is 38.8. The first kappa shape index (κ1) is 26.6. The van der Waals surface area contributed by atoms with Gasteiger partial charge in [0.25, 0.3) is 0 Å². The summed E-state index contributed by atoms with van der Waals surface area (Å²) in [5, 5.41) is 12.9. The number of hydrogen-bond donors (Lipinski definition) is 1. The number of anilines is 2. The second-order valence-corrected chi connectivity index (χ2v) is 9.70. The highest BCUT2D eigenvalue weighted by molar-refractivity contribution is 5.53. The molecule has 0 aliphatic carbocycles. The van der Waals surface area contributed by atoms with Gasteiger partial charge in [0.05, 0.1) is 11.3 Å². The maximum absolute atomic E-state index is 12.9. The van der Waals surface area contributed by atoms with Crippen LogP contribution in [-0.2, 0) is 25.7 Å². The van der Waals surface area contributed by atoms with Crippen LogP contribution >= 0.6 is 0 Å². The number of hydrogen-bond acceptors (Lipinski definition) is 6. The zero-order valence-corrected chi connectivity index (χ0v) is 21.8. The number of benzene rings is 2. The van der Waals surface area contributed by atoms with Crippen molar-refractivity contribution in [3.63, 3.8) is 0 Å². The van der Waals surface area contributed by atoms with Gasteiger partial charge in [0.2, 0.25) is 0 Å². The fraction of sp³-hybridized carbons (Fsp3) is 0.300. The number of rotatable bonds is 8. The van der Waals surface area contributed by atoms with E-state index in [1.54, 1.807) is 0 Å². The molecule has 1 N–H and O–H groups in total. The average molecular weight is 533 g/mol. The van der Waals surface area contributed by atoms with Gasteiger partial charge in [0.15, 0.2) is 5.82 Å². The molecule has 2 aromatic carbocycles. The van der Waals surface area contributed by atoms with Gasteiger partial charge in [0.1, 0.15) is 5.82 Å². The predicted octanol–water partition coefficient (Wildman–Crippen LogP) is 5.41. The van der Waals surface area contributed by atoms with Crippen molar-refractivity contribution in [2.45, 2.75) is 32.6 Å². The van der Waals surface area contributed by atoms with Crippen LogP contribution < -0.4 is 15.1 Å². The van der Waals surface area contributed by atoms with Gasteiger partial charge in [-0.15, -0.1) is 5.10 Å². The molecule has 0 saturated carbocycles. The molecule has 1 fully saturated rings. The van der Waals surface area contributed by atoms with Crippen LogP contribution in [-0.4, -0.2) is 41.4 Å². The van der Waals surface area contributed by atoms with Crippen LogP contribution in [0.1, 0.15) is 33.5 Å². The first-order chi connectivity index (χ1) is 18.9. The second-order valence-electron chi connectivity index (χ2n) is 9.70. The molecule has 0 atom stereocenters. The number of halogens is 3. The molecule has 1 aliphatic heterocycles. The Morgan fingerprint density at radius 3 is 2.03 bits per heavy atom. The highest BCUT2D eigenvalue weighted by Crippen LogP contribution is 2.30. The summed E-state index contributed by atoms with van der Waals surface area (Å²) in [4.78, 5) is 8.29. The molecule has 2 aromatic heterocycles. The van der Waals surface area contributed by atoms with Crippen LogP contribution in [0.15, 0.2) is 79.0 Å². The van der Waals surface area contributed by atoms with Gasteiger partial charge in [0, 0.05) is 57.4 Å². The maximum Gasteiger partial charge on any atom is 0.417 e. The number of aromatic nitrogens is 3. The highest BCUT2D eigenvalue weighted by atomic mass is 19.4. The summed E-state index contributed by atoms with van der Waals surface area (Å²) >= 11 is 0. The normalized spacial score (nSPS) is 14.1. The Morgan fingerprint density at radius 2 is 1.41 bits per heavy atom. The molecule has 0 amide bonds. The molecule has 202 valence electrons. The average Bonchev–Trinajstić information content (AvgIpc) is 2.96. The Kier molecular flexibility index (Phi) is 8.07. The Balaban J connectivity index is 1.33. The van der Waals surface area contributed by atoms with Crippen LogP contribution in [0.2, 0.25) is 0 Å². The van der Waals surface area contributed by atoms with E-state index in [9.17, 15) is 13.2 Å². The topological polar surface area (TPSA) is 57.2 Å². The van der Waals surface area contributed by atoms with E-state index in [1.165, 1.54) is 17.2 Å². The Morgan fingerprint density at radius 1 is 0.769 bits per heavy atom. The van der Waals surface area contributed by atoms with E-state index in [0.717, 1.165) is 41.4 Å². The van der Waals surface area contributed by atoms with E-state index in [-0.39, 0.29) is 0 Å². The van der Waals surface area contributed by atoms with E-state index < -0.39 is 11.7 Å². The maximum atomic E-state index is 12.9. The molecule has 9 heteroatoms. The van der Waals surface area contributed by atoms with Crippen molar-refractivity contribution < 1.29 is 13.2 Å². The van der Waals surface area contributed by atoms with Crippen molar-refractivity contribution in [3.8, 4) is 0 Å². The molecule has 1 saturated heterocycles. The molecule has 4 aromatic rings. The lowest BCUT2D eigenvalue weighted by Gasteiger charge is -2.37. The summed E-state index contributed by atoms with van der Waals surface area (Å²) in [5.74, 6) is 1.40. The van der Waals surface area contributed by atoms with E-state index in [0.29, 0.717) is 45.0 Å². The third kappa shape index (κ3) is 6.54. The Bertz CT molecular complexity index is 1350. The van der Waals surface area contributed by atoms with Gasteiger partial charge >= 0.3 is 6.18 Å². The van der Waals surface area contributed by atoms with Crippen LogP contribution in [0, 0.1) is 6.92 Å². The fourth-order valence-electron chi connectivity index (χ4n) is 4.82. The third-order valence-corrected chi connectivity index (χ3v) is 7.09. The first-order valence-electron chi connectivity index (χ1n) is 13.1. The number of pyridine rings is 1. The van der Waals surface area contributed by atoms with Crippen LogP contribution in [0.5, 0.6) is 0 Å². The monoisotopic (exact) mass is 532 g/mol. The predicted molar refractivity (Wildman–Crippen MR) is 147 cm³/mol. The fourth-order valence-corrected chi connectivity index (χ4v) is 4.82. The summed E-state index contributed by atoms with van der Waals surface area (Å²) in [5.41, 5.74) is 4.85.